The second-order valence-electron chi connectivity index (χ2n) is 5.50. The van der Waals surface area contributed by atoms with Crippen LogP contribution in [0.5, 0.6) is 11.5 Å². The van der Waals surface area contributed by atoms with Gasteiger partial charge in [0.2, 0.25) is 0 Å². The van der Waals surface area contributed by atoms with Gasteiger partial charge >= 0.3 is 0 Å². The third kappa shape index (κ3) is 3.24. The normalized spacial score (nSPS) is 18.7. The fourth-order valence-electron chi connectivity index (χ4n) is 2.93. The van der Waals surface area contributed by atoms with Crippen molar-refractivity contribution in [1.82, 2.24) is 5.32 Å². The molecule has 2 aliphatic rings. The van der Waals surface area contributed by atoms with Crippen LogP contribution in [0.3, 0.4) is 0 Å². The summed E-state index contributed by atoms with van der Waals surface area (Å²) < 4.78 is 11.0. The van der Waals surface area contributed by atoms with Crippen LogP contribution in [0.15, 0.2) is 18.2 Å². The molecule has 0 spiro atoms. The maximum Gasteiger partial charge on any atom is 0.251 e. The minimum absolute atomic E-state index is 0. The van der Waals surface area contributed by atoms with Gasteiger partial charge < -0.3 is 20.5 Å². The molecule has 116 valence electrons. The Balaban J connectivity index is 0.00000161. The molecule has 1 heterocycles. The standard InChI is InChI=1S/C15H20N2O3.ClH/c16-10-15(5-1-2-6-15)17-14(18)11-3-4-12-13(9-11)20-8-7-19-12;/h3-4,9H,1-2,5-8,10,16H2,(H,17,18);1H. The largest absolute Gasteiger partial charge is 0.486 e. The van der Waals surface area contributed by atoms with Crippen molar-refractivity contribution in [3.8, 4) is 11.5 Å². The first-order valence-electron chi connectivity index (χ1n) is 7.15. The number of benzene rings is 1. The average molecular weight is 313 g/mol. The molecule has 1 aromatic rings. The van der Waals surface area contributed by atoms with Crippen molar-refractivity contribution in [1.29, 1.82) is 0 Å². The minimum Gasteiger partial charge on any atom is -0.486 e. The Bertz CT molecular complexity index is 516. The minimum atomic E-state index is -0.232. The summed E-state index contributed by atoms with van der Waals surface area (Å²) in [6.45, 7) is 1.56. The lowest BCUT2D eigenvalue weighted by Crippen LogP contribution is -2.51. The van der Waals surface area contributed by atoms with Gasteiger partial charge in [0.1, 0.15) is 13.2 Å². The molecule has 0 radical (unpaired) electrons. The fourth-order valence-corrected chi connectivity index (χ4v) is 2.93. The number of carbonyl (C=O) groups is 1. The number of ether oxygens (including phenoxy) is 2. The number of amides is 1. The zero-order valence-electron chi connectivity index (χ0n) is 11.9. The van der Waals surface area contributed by atoms with Gasteiger partial charge in [-0.2, -0.15) is 0 Å². The van der Waals surface area contributed by atoms with E-state index < -0.39 is 0 Å². The van der Waals surface area contributed by atoms with Crippen molar-refractivity contribution >= 4 is 18.3 Å². The Morgan fingerprint density at radius 2 is 1.86 bits per heavy atom. The molecule has 1 aliphatic carbocycles. The SMILES string of the molecule is Cl.NCC1(NC(=O)c2ccc3c(c2)OCCO3)CCCC1. The predicted molar refractivity (Wildman–Crippen MR) is 82.4 cm³/mol. The van der Waals surface area contributed by atoms with Crippen molar-refractivity contribution in [2.75, 3.05) is 19.8 Å². The number of fused-ring (bicyclic) bond motifs is 1. The van der Waals surface area contributed by atoms with E-state index in [1.54, 1.807) is 18.2 Å². The maximum absolute atomic E-state index is 12.4. The van der Waals surface area contributed by atoms with Gasteiger partial charge in [-0.25, -0.2) is 0 Å². The van der Waals surface area contributed by atoms with Crippen LogP contribution in [-0.4, -0.2) is 31.2 Å². The highest BCUT2D eigenvalue weighted by Gasteiger charge is 2.34. The second kappa shape index (κ2) is 6.54. The molecule has 0 saturated heterocycles. The summed E-state index contributed by atoms with van der Waals surface area (Å²) in [6, 6.07) is 5.29. The molecule has 21 heavy (non-hydrogen) atoms. The number of hydrogen-bond donors (Lipinski definition) is 2. The van der Waals surface area contributed by atoms with Crippen LogP contribution in [0, 0.1) is 0 Å². The fraction of sp³-hybridized carbons (Fsp3) is 0.533. The lowest BCUT2D eigenvalue weighted by Gasteiger charge is -2.29. The number of rotatable bonds is 3. The van der Waals surface area contributed by atoms with E-state index in [9.17, 15) is 4.79 Å². The van der Waals surface area contributed by atoms with Crippen LogP contribution in [0.1, 0.15) is 36.0 Å². The van der Waals surface area contributed by atoms with Gasteiger partial charge in [-0.15, -0.1) is 12.4 Å². The van der Waals surface area contributed by atoms with Gasteiger partial charge in [0.25, 0.3) is 5.91 Å². The van der Waals surface area contributed by atoms with Crippen molar-refractivity contribution in [2.24, 2.45) is 5.73 Å². The molecular formula is C15H21ClN2O3. The summed E-state index contributed by atoms with van der Waals surface area (Å²) in [4.78, 5) is 12.4. The zero-order valence-corrected chi connectivity index (χ0v) is 12.7. The molecule has 1 amide bonds. The van der Waals surface area contributed by atoms with E-state index in [-0.39, 0.29) is 23.9 Å². The van der Waals surface area contributed by atoms with E-state index in [1.165, 1.54) is 0 Å². The van der Waals surface area contributed by atoms with Gasteiger partial charge in [0, 0.05) is 12.1 Å². The molecule has 0 atom stereocenters. The quantitative estimate of drug-likeness (QED) is 0.894. The Morgan fingerprint density at radius 3 is 2.52 bits per heavy atom. The molecule has 3 rings (SSSR count). The maximum atomic E-state index is 12.4. The highest BCUT2D eigenvalue weighted by molar-refractivity contribution is 5.95. The Morgan fingerprint density at radius 1 is 1.19 bits per heavy atom. The van der Waals surface area contributed by atoms with E-state index in [4.69, 9.17) is 15.2 Å². The molecule has 1 aromatic carbocycles. The first-order valence-corrected chi connectivity index (χ1v) is 7.15. The molecule has 5 nitrogen and oxygen atoms in total. The molecule has 3 N–H and O–H groups in total. The van der Waals surface area contributed by atoms with Crippen LogP contribution < -0.4 is 20.5 Å². The summed E-state index contributed by atoms with van der Waals surface area (Å²) in [6.07, 6.45) is 4.16. The van der Waals surface area contributed by atoms with Gasteiger partial charge in [0.05, 0.1) is 5.54 Å². The van der Waals surface area contributed by atoms with Gasteiger partial charge in [-0.1, -0.05) is 12.8 Å². The summed E-state index contributed by atoms with van der Waals surface area (Å²) in [5, 5.41) is 3.10. The molecule has 1 saturated carbocycles. The number of carbonyl (C=O) groups excluding carboxylic acids is 1. The third-order valence-electron chi connectivity index (χ3n) is 4.13. The Hall–Kier alpha value is -1.46. The Labute approximate surface area is 130 Å². The molecule has 0 aromatic heterocycles. The number of hydrogen-bond acceptors (Lipinski definition) is 4. The van der Waals surface area contributed by atoms with Crippen molar-refractivity contribution in [3.63, 3.8) is 0 Å². The number of nitrogens with two attached hydrogens (primary N) is 1. The lowest BCUT2D eigenvalue weighted by atomic mass is 9.97. The monoisotopic (exact) mass is 312 g/mol. The smallest absolute Gasteiger partial charge is 0.251 e. The first-order chi connectivity index (χ1) is 9.72. The van der Waals surface area contributed by atoms with E-state index in [1.807, 2.05) is 0 Å². The second-order valence-corrected chi connectivity index (χ2v) is 5.50. The van der Waals surface area contributed by atoms with E-state index in [0.29, 0.717) is 36.8 Å². The average Bonchev–Trinajstić information content (AvgIpc) is 2.96. The lowest BCUT2D eigenvalue weighted by molar-refractivity contribution is 0.0902. The highest BCUT2D eigenvalue weighted by atomic mass is 35.5. The van der Waals surface area contributed by atoms with Crippen LogP contribution in [0.25, 0.3) is 0 Å². The predicted octanol–water partition coefficient (Wildman–Crippen LogP) is 1.88. The van der Waals surface area contributed by atoms with Gasteiger partial charge in [0.15, 0.2) is 11.5 Å². The molecular weight excluding hydrogens is 292 g/mol. The zero-order chi connectivity index (χ0) is 14.0. The van der Waals surface area contributed by atoms with E-state index in [2.05, 4.69) is 5.32 Å². The van der Waals surface area contributed by atoms with Crippen molar-refractivity contribution in [2.45, 2.75) is 31.2 Å². The van der Waals surface area contributed by atoms with Crippen LogP contribution >= 0.6 is 12.4 Å². The van der Waals surface area contributed by atoms with E-state index in [0.717, 1.165) is 25.7 Å². The molecule has 0 bridgehead atoms. The number of nitrogens with one attached hydrogen (secondary N) is 1. The third-order valence-corrected chi connectivity index (χ3v) is 4.13. The van der Waals surface area contributed by atoms with Crippen molar-refractivity contribution < 1.29 is 14.3 Å². The van der Waals surface area contributed by atoms with E-state index >= 15 is 0 Å². The molecule has 1 aliphatic heterocycles. The highest BCUT2D eigenvalue weighted by Crippen LogP contribution is 2.32. The molecule has 1 fully saturated rings. The van der Waals surface area contributed by atoms with Crippen LogP contribution in [0.4, 0.5) is 0 Å². The van der Waals surface area contributed by atoms with Gasteiger partial charge in [-0.3, -0.25) is 4.79 Å². The summed E-state index contributed by atoms with van der Waals surface area (Å²) in [5.74, 6) is 1.24. The van der Waals surface area contributed by atoms with Crippen molar-refractivity contribution in [3.05, 3.63) is 23.8 Å². The summed E-state index contributed by atoms with van der Waals surface area (Å²) >= 11 is 0. The molecule has 0 unspecified atom stereocenters. The summed E-state index contributed by atoms with van der Waals surface area (Å²) in [7, 11) is 0. The topological polar surface area (TPSA) is 73.6 Å². The van der Waals surface area contributed by atoms with Crippen LogP contribution in [-0.2, 0) is 0 Å². The Kier molecular flexibility index (Phi) is 4.96. The van der Waals surface area contributed by atoms with Gasteiger partial charge in [-0.05, 0) is 31.0 Å². The number of halogens is 1. The first kappa shape index (κ1) is 15.9. The van der Waals surface area contributed by atoms with Crippen LogP contribution in [0.2, 0.25) is 0 Å². The summed E-state index contributed by atoms with van der Waals surface area (Å²) in [5.41, 5.74) is 6.21. The molecule has 6 heteroatoms.